The summed E-state index contributed by atoms with van der Waals surface area (Å²) >= 11 is 3.39. The molecule has 2 aromatic carbocycles. The first kappa shape index (κ1) is 18.3. The second-order valence-electron chi connectivity index (χ2n) is 6.51. The molecule has 0 radical (unpaired) electrons. The van der Waals surface area contributed by atoms with Crippen molar-refractivity contribution in [3.8, 4) is 5.75 Å². The van der Waals surface area contributed by atoms with Crippen LogP contribution < -0.4 is 15.4 Å². The van der Waals surface area contributed by atoms with E-state index in [2.05, 4.69) is 47.3 Å². The number of hydrogen-bond acceptors (Lipinski definition) is 2. The number of urea groups is 1. The minimum Gasteiger partial charge on any atom is -0.492 e. The molecule has 0 saturated carbocycles. The maximum absolute atomic E-state index is 11.9. The standard InChI is InChI=1S/C19H23BrN2O2/c1-19(2,3)14-7-9-16(10-8-14)22-18(23)21-11-12-24-17-6-4-5-15(20)13-17/h4-10,13H,11-12H2,1-3H3,(H2,21,22,23). The number of rotatable bonds is 5. The zero-order chi connectivity index (χ0) is 17.6. The Hall–Kier alpha value is -2.01. The minimum atomic E-state index is -0.239. The molecule has 0 unspecified atom stereocenters. The van der Waals surface area contributed by atoms with Crippen LogP contribution in [0.4, 0.5) is 10.5 Å². The van der Waals surface area contributed by atoms with Gasteiger partial charge in [0.1, 0.15) is 12.4 Å². The highest BCUT2D eigenvalue weighted by Gasteiger charge is 2.13. The maximum Gasteiger partial charge on any atom is 0.319 e. The van der Waals surface area contributed by atoms with E-state index in [0.717, 1.165) is 15.9 Å². The van der Waals surface area contributed by atoms with E-state index in [1.54, 1.807) is 0 Å². The van der Waals surface area contributed by atoms with Crippen molar-refractivity contribution >= 4 is 27.6 Å². The summed E-state index contributed by atoms with van der Waals surface area (Å²) in [5, 5.41) is 5.59. The molecule has 4 nitrogen and oxygen atoms in total. The van der Waals surface area contributed by atoms with Crippen molar-refractivity contribution in [2.75, 3.05) is 18.5 Å². The first-order valence-corrected chi connectivity index (χ1v) is 8.68. The molecule has 0 atom stereocenters. The van der Waals surface area contributed by atoms with Crippen molar-refractivity contribution in [1.29, 1.82) is 0 Å². The fraction of sp³-hybridized carbons (Fsp3) is 0.316. The Morgan fingerprint density at radius 2 is 1.83 bits per heavy atom. The molecular formula is C19H23BrN2O2. The second kappa shape index (κ2) is 8.20. The summed E-state index contributed by atoms with van der Waals surface area (Å²) in [5.74, 6) is 0.768. The molecule has 0 bridgehead atoms. The summed E-state index contributed by atoms with van der Waals surface area (Å²) in [7, 11) is 0. The van der Waals surface area contributed by atoms with E-state index in [4.69, 9.17) is 4.74 Å². The number of ether oxygens (including phenoxy) is 1. The molecule has 2 aromatic rings. The molecule has 0 aromatic heterocycles. The monoisotopic (exact) mass is 390 g/mol. The first-order chi connectivity index (χ1) is 11.3. The summed E-state index contributed by atoms with van der Waals surface area (Å²) in [5.41, 5.74) is 2.11. The molecular weight excluding hydrogens is 368 g/mol. The van der Waals surface area contributed by atoms with E-state index >= 15 is 0 Å². The predicted octanol–water partition coefficient (Wildman–Crippen LogP) is 4.95. The molecule has 0 spiro atoms. The molecule has 2 amide bonds. The Kier molecular flexibility index (Phi) is 6.26. The molecule has 5 heteroatoms. The smallest absolute Gasteiger partial charge is 0.319 e. The topological polar surface area (TPSA) is 50.4 Å². The third-order valence-corrected chi connectivity index (χ3v) is 3.95. The Bertz CT molecular complexity index is 679. The van der Waals surface area contributed by atoms with Crippen molar-refractivity contribution in [2.24, 2.45) is 0 Å². The minimum absolute atomic E-state index is 0.102. The summed E-state index contributed by atoms with van der Waals surface area (Å²) in [4.78, 5) is 11.9. The van der Waals surface area contributed by atoms with Crippen LogP contribution in [-0.4, -0.2) is 19.2 Å². The van der Waals surface area contributed by atoms with Crippen molar-refractivity contribution in [3.05, 3.63) is 58.6 Å². The lowest BCUT2D eigenvalue weighted by molar-refractivity contribution is 0.247. The van der Waals surface area contributed by atoms with Crippen LogP contribution in [0.1, 0.15) is 26.3 Å². The number of halogens is 1. The lowest BCUT2D eigenvalue weighted by Gasteiger charge is -2.19. The van der Waals surface area contributed by atoms with Gasteiger partial charge in [0.05, 0.1) is 6.54 Å². The number of amides is 2. The summed E-state index contributed by atoms with van der Waals surface area (Å²) in [6, 6.07) is 15.3. The van der Waals surface area contributed by atoms with E-state index in [1.165, 1.54) is 5.56 Å². The maximum atomic E-state index is 11.9. The van der Waals surface area contributed by atoms with Gasteiger partial charge in [-0.3, -0.25) is 0 Å². The Morgan fingerprint density at radius 3 is 2.46 bits per heavy atom. The Balaban J connectivity index is 1.73. The molecule has 24 heavy (non-hydrogen) atoms. The summed E-state index contributed by atoms with van der Waals surface area (Å²) in [6.45, 7) is 7.32. The number of anilines is 1. The largest absolute Gasteiger partial charge is 0.492 e. The summed E-state index contributed by atoms with van der Waals surface area (Å²) in [6.07, 6.45) is 0. The lowest BCUT2D eigenvalue weighted by Crippen LogP contribution is -2.32. The van der Waals surface area contributed by atoms with Crippen molar-refractivity contribution in [1.82, 2.24) is 5.32 Å². The van der Waals surface area contributed by atoms with Gasteiger partial charge in [-0.05, 0) is 41.3 Å². The van der Waals surface area contributed by atoms with Gasteiger partial charge in [-0.15, -0.1) is 0 Å². The molecule has 2 rings (SSSR count). The zero-order valence-corrected chi connectivity index (χ0v) is 15.8. The Labute approximate surface area is 151 Å². The Morgan fingerprint density at radius 1 is 1.12 bits per heavy atom. The molecule has 0 fully saturated rings. The molecule has 128 valence electrons. The van der Waals surface area contributed by atoms with E-state index in [9.17, 15) is 4.79 Å². The quantitative estimate of drug-likeness (QED) is 0.709. The average molecular weight is 391 g/mol. The van der Waals surface area contributed by atoms with Crippen LogP contribution in [0.5, 0.6) is 5.75 Å². The van der Waals surface area contributed by atoms with Crippen molar-refractivity contribution < 1.29 is 9.53 Å². The normalized spacial score (nSPS) is 11.0. The number of carbonyl (C=O) groups excluding carboxylic acids is 1. The van der Waals surface area contributed by atoms with Gasteiger partial charge in [0.15, 0.2) is 0 Å². The highest BCUT2D eigenvalue weighted by molar-refractivity contribution is 9.10. The predicted molar refractivity (Wildman–Crippen MR) is 102 cm³/mol. The second-order valence-corrected chi connectivity index (χ2v) is 7.43. The van der Waals surface area contributed by atoms with E-state index < -0.39 is 0 Å². The third kappa shape index (κ3) is 5.89. The van der Waals surface area contributed by atoms with Crippen LogP contribution in [-0.2, 0) is 5.41 Å². The molecule has 0 saturated heterocycles. The third-order valence-electron chi connectivity index (χ3n) is 3.46. The van der Waals surface area contributed by atoms with Gasteiger partial charge in [-0.1, -0.05) is 54.9 Å². The van der Waals surface area contributed by atoms with Gasteiger partial charge in [-0.25, -0.2) is 4.79 Å². The van der Waals surface area contributed by atoms with Crippen LogP contribution >= 0.6 is 15.9 Å². The fourth-order valence-corrected chi connectivity index (χ4v) is 2.50. The highest BCUT2D eigenvalue weighted by Crippen LogP contribution is 2.23. The number of hydrogen-bond donors (Lipinski definition) is 2. The number of nitrogens with one attached hydrogen (secondary N) is 2. The first-order valence-electron chi connectivity index (χ1n) is 7.88. The number of benzene rings is 2. The van der Waals surface area contributed by atoms with Gasteiger partial charge < -0.3 is 15.4 Å². The van der Waals surface area contributed by atoms with Crippen LogP contribution in [0.2, 0.25) is 0 Å². The molecule has 0 aliphatic carbocycles. The van der Waals surface area contributed by atoms with Crippen LogP contribution in [0, 0.1) is 0 Å². The van der Waals surface area contributed by atoms with Gasteiger partial charge in [0.2, 0.25) is 0 Å². The lowest BCUT2D eigenvalue weighted by atomic mass is 9.87. The molecule has 0 heterocycles. The zero-order valence-electron chi connectivity index (χ0n) is 14.2. The SMILES string of the molecule is CC(C)(C)c1ccc(NC(=O)NCCOc2cccc(Br)c2)cc1. The van der Waals surface area contributed by atoms with Gasteiger partial charge in [0, 0.05) is 10.2 Å². The van der Waals surface area contributed by atoms with Crippen LogP contribution in [0.3, 0.4) is 0 Å². The number of carbonyl (C=O) groups is 1. The van der Waals surface area contributed by atoms with E-state index in [0.29, 0.717) is 13.2 Å². The van der Waals surface area contributed by atoms with Crippen molar-refractivity contribution in [3.63, 3.8) is 0 Å². The van der Waals surface area contributed by atoms with Gasteiger partial charge in [0.25, 0.3) is 0 Å². The molecule has 2 N–H and O–H groups in total. The highest BCUT2D eigenvalue weighted by atomic mass is 79.9. The van der Waals surface area contributed by atoms with Crippen LogP contribution in [0.15, 0.2) is 53.0 Å². The summed E-state index contributed by atoms with van der Waals surface area (Å²) < 4.78 is 6.53. The van der Waals surface area contributed by atoms with Gasteiger partial charge >= 0.3 is 6.03 Å². The molecule has 0 aliphatic heterocycles. The molecule has 0 aliphatic rings. The van der Waals surface area contributed by atoms with Gasteiger partial charge in [-0.2, -0.15) is 0 Å². The average Bonchev–Trinajstić information content (AvgIpc) is 2.51. The fourth-order valence-electron chi connectivity index (χ4n) is 2.12. The van der Waals surface area contributed by atoms with E-state index in [-0.39, 0.29) is 11.4 Å². The van der Waals surface area contributed by atoms with Crippen LogP contribution in [0.25, 0.3) is 0 Å². The van der Waals surface area contributed by atoms with E-state index in [1.807, 2.05) is 48.5 Å². The van der Waals surface area contributed by atoms with Crippen molar-refractivity contribution in [2.45, 2.75) is 26.2 Å².